The number of aromatic amines is 1. The number of unbranched alkanes of at least 4 members (excludes halogenated alkanes) is 1. The number of tetrazole rings is 1. The molecule has 1 aliphatic rings. The maximum absolute atomic E-state index is 17.1. The second-order valence-corrected chi connectivity index (χ2v) is 30.8. The smallest absolute Gasteiger partial charge is 0.326 e. The number of urea groups is 1. The molecular formula is C60H95FN16O21Si. The summed E-state index contributed by atoms with van der Waals surface area (Å²) in [5.41, 5.74) is 0.0796. The molecule has 0 saturated carbocycles. The number of aromatic nitrogens is 4. The summed E-state index contributed by atoms with van der Waals surface area (Å²) in [6.07, 6.45) is -1.86. The Morgan fingerprint density at radius 2 is 0.899 bits per heavy atom. The second kappa shape index (κ2) is 41.2. The van der Waals surface area contributed by atoms with Crippen molar-refractivity contribution in [2.45, 2.75) is 152 Å². The Morgan fingerprint density at radius 1 is 0.485 bits per heavy atom. The van der Waals surface area contributed by atoms with E-state index in [-0.39, 0.29) is 141 Å². The molecule has 1 fully saturated rings. The van der Waals surface area contributed by atoms with Gasteiger partial charge in [0.15, 0.2) is 0 Å². The number of aryl methyl sites for hydroxylation is 1. The Balaban J connectivity index is 1.60. The van der Waals surface area contributed by atoms with Crippen LogP contribution in [0.2, 0.25) is 10.1 Å². The van der Waals surface area contributed by atoms with E-state index in [1.165, 1.54) is 12.1 Å². The third-order valence-corrected chi connectivity index (χ3v) is 21.4. The molecule has 8 amide bonds. The second-order valence-electron chi connectivity index (χ2n) is 25.9. The number of carboxylic acids is 7. The standard InChI is InChI=1S/C60H95FN16O21Si/c1-59(2,3)99(61,60(4,5)6)38-14-12-37(13-15-38)52(88)64-32-43(66-48(81)33-74-24-26-75(34-49(82)83)28-30-77(36-51(86)87)31-29-76(27-25-74)35-50(84)85)53(89)67-40(55(92)93)10-7-8-22-62-45(78)20-21-46(79)63-23-9-11-39(54(90)91)65-47(80)19-17-42(57(96)97)69-58(98)68-41(56(94)95)16-18-44-70-72-73-71-44/h12-15,39-43H,7-11,16-36H2,1-6H3,(H,62,78)(H,63,79)(H,64,88)(H,65,80)(H,66,81)(H,67,89)(H,82,83)(H,84,85)(H,86,87)(H,90,91)(H,92,93)(H,94,95)(H,96,97)(H2,68,69,98)(H,70,71,72,73)/t39-,40-,41+,42+,43-/m1/s1. The zero-order valence-corrected chi connectivity index (χ0v) is 57.4. The molecule has 1 aromatic carbocycles. The molecule has 16 N–H and O–H groups in total. The van der Waals surface area contributed by atoms with Crippen molar-refractivity contribution in [1.82, 2.24) is 82.8 Å². The molecule has 0 radical (unpaired) electrons. The Morgan fingerprint density at radius 3 is 1.33 bits per heavy atom. The van der Waals surface area contributed by atoms with Crippen LogP contribution in [0, 0.1) is 0 Å². The molecule has 1 aromatic heterocycles. The summed E-state index contributed by atoms with van der Waals surface area (Å²) in [7, 11) is -3.74. The van der Waals surface area contributed by atoms with Crippen LogP contribution in [-0.4, -0.2) is 296 Å². The largest absolute Gasteiger partial charge is 0.480 e. The molecule has 1 aliphatic heterocycles. The summed E-state index contributed by atoms with van der Waals surface area (Å²) in [4.78, 5) is 182. The highest BCUT2D eigenvalue weighted by Crippen LogP contribution is 2.51. The highest BCUT2D eigenvalue weighted by atomic mass is 28.4. The maximum atomic E-state index is 17.1. The summed E-state index contributed by atoms with van der Waals surface area (Å²) in [6, 6.07) is -3.02. The van der Waals surface area contributed by atoms with Gasteiger partial charge in [0.1, 0.15) is 36.0 Å². The molecule has 0 bridgehead atoms. The quantitative estimate of drug-likeness (QED) is 0.0184. The number of H-pyrrole nitrogens is 1. The van der Waals surface area contributed by atoms with Crippen molar-refractivity contribution in [2.75, 3.05) is 98.2 Å². The van der Waals surface area contributed by atoms with Crippen LogP contribution in [0.5, 0.6) is 0 Å². The minimum atomic E-state index is -3.74. The molecule has 3 rings (SSSR count). The van der Waals surface area contributed by atoms with Crippen LogP contribution in [0.25, 0.3) is 0 Å². The summed E-state index contributed by atoms with van der Waals surface area (Å²) in [6.45, 7) is 9.15. The molecule has 99 heavy (non-hydrogen) atoms. The fraction of sp³-hybridized carbons (Fsp3) is 0.650. The molecule has 0 spiro atoms. The Kier molecular flexibility index (Phi) is 34.9. The predicted octanol–water partition coefficient (Wildman–Crippen LogP) is -2.67. The Hall–Kier alpha value is -9.34. The van der Waals surface area contributed by atoms with Crippen LogP contribution in [0.15, 0.2) is 24.3 Å². The van der Waals surface area contributed by atoms with Crippen LogP contribution >= 0.6 is 0 Å². The van der Waals surface area contributed by atoms with E-state index in [0.29, 0.717) is 5.19 Å². The van der Waals surface area contributed by atoms with Crippen molar-refractivity contribution in [3.63, 3.8) is 0 Å². The fourth-order valence-electron chi connectivity index (χ4n) is 11.0. The van der Waals surface area contributed by atoms with E-state index in [2.05, 4.69) is 63.2 Å². The van der Waals surface area contributed by atoms with Gasteiger partial charge in [0, 0.05) is 103 Å². The molecule has 39 heteroatoms. The predicted molar refractivity (Wildman–Crippen MR) is 349 cm³/mol. The average Bonchev–Trinajstić information content (AvgIpc) is 0.960. The number of aliphatic carboxylic acids is 7. The first-order valence-corrected chi connectivity index (χ1v) is 34.0. The van der Waals surface area contributed by atoms with Gasteiger partial charge in [-0.1, -0.05) is 53.7 Å². The molecule has 2 aromatic rings. The van der Waals surface area contributed by atoms with E-state index in [0.717, 1.165) is 0 Å². The van der Waals surface area contributed by atoms with Gasteiger partial charge in [-0.2, -0.15) is 0 Å². The van der Waals surface area contributed by atoms with Crippen molar-refractivity contribution in [1.29, 1.82) is 0 Å². The molecule has 37 nitrogen and oxygen atoms in total. The first-order chi connectivity index (χ1) is 46.4. The van der Waals surface area contributed by atoms with Crippen molar-refractivity contribution < 1.29 is 107 Å². The van der Waals surface area contributed by atoms with E-state index in [1.54, 1.807) is 31.7 Å². The third-order valence-electron chi connectivity index (χ3n) is 16.1. The van der Waals surface area contributed by atoms with Crippen molar-refractivity contribution >= 4 is 96.9 Å². The molecule has 0 unspecified atom stereocenters. The molecule has 2 heterocycles. The number of hydrogen-bond donors (Lipinski definition) is 16. The lowest BCUT2D eigenvalue weighted by Crippen LogP contribution is -2.58. The van der Waals surface area contributed by atoms with Gasteiger partial charge >= 0.3 is 47.8 Å². The number of nitrogens with zero attached hydrogens (tertiary/aromatic N) is 7. The number of halogens is 1. The van der Waals surface area contributed by atoms with E-state index >= 15 is 4.11 Å². The highest BCUT2D eigenvalue weighted by Gasteiger charge is 2.56. The van der Waals surface area contributed by atoms with Crippen molar-refractivity contribution in [3.05, 3.63) is 35.7 Å². The third kappa shape index (κ3) is 31.0. The zero-order chi connectivity index (χ0) is 74.2. The minimum Gasteiger partial charge on any atom is -0.480 e. The lowest BCUT2D eigenvalue weighted by molar-refractivity contribution is -0.142. The number of carbonyl (C=O) groups is 14. The van der Waals surface area contributed by atoms with Gasteiger partial charge in [0.25, 0.3) is 14.3 Å². The van der Waals surface area contributed by atoms with Crippen molar-refractivity contribution in [3.8, 4) is 0 Å². The van der Waals surface area contributed by atoms with Crippen LogP contribution in [0.4, 0.5) is 8.90 Å². The normalized spacial score (nSPS) is 15.5. The first-order valence-electron chi connectivity index (χ1n) is 32.1. The molecule has 5 atom stereocenters. The van der Waals surface area contributed by atoms with Gasteiger partial charge in [-0.05, 0) is 82.8 Å². The summed E-state index contributed by atoms with van der Waals surface area (Å²) in [5, 5.41) is 98.8. The Bertz CT molecular complexity index is 3040. The summed E-state index contributed by atoms with van der Waals surface area (Å²) >= 11 is 0. The number of amides is 8. The number of carboxylic acid groups (broad SMARTS) is 7. The van der Waals surface area contributed by atoms with E-state index in [1.807, 2.05) is 41.5 Å². The van der Waals surface area contributed by atoms with Crippen LogP contribution in [0.1, 0.15) is 122 Å². The average molecular weight is 1420 g/mol. The lowest BCUT2D eigenvalue weighted by Gasteiger charge is -2.44. The Labute approximate surface area is 571 Å². The topological polar surface area (TPSA) is 544 Å². The number of nitrogens with one attached hydrogen (secondary N) is 9. The molecule has 1 saturated heterocycles. The number of carbonyl (C=O) groups excluding carboxylic acids is 7. The SMILES string of the molecule is CC(C)(C)[Si](F)(c1ccc(C(=O)NC[C@@H](NC(=O)CN2CCN(CC(=O)O)CCN(CC(=O)O)CCN(CC(=O)O)CC2)C(=O)N[C@H](CCCCNC(=O)CCC(=O)NCCC[C@@H](NC(=O)CC[C@H](NC(=O)N[C@@H](CCc2nnn[nH]2)C(=O)O)C(=O)O)C(=O)O)C(=O)O)cc1)C(C)(C)C. The van der Waals surface area contributed by atoms with Crippen LogP contribution in [-0.2, 0) is 64.0 Å². The van der Waals surface area contributed by atoms with E-state index in [4.69, 9.17) is 0 Å². The molecule has 552 valence electrons. The van der Waals surface area contributed by atoms with Gasteiger partial charge in [-0.25, -0.2) is 29.1 Å². The maximum Gasteiger partial charge on any atom is 0.326 e. The monoisotopic (exact) mass is 1420 g/mol. The minimum absolute atomic E-state index is 0.0118. The number of hydrogen-bond acceptors (Lipinski definition) is 21. The van der Waals surface area contributed by atoms with Crippen LogP contribution in [0.3, 0.4) is 0 Å². The first kappa shape index (κ1) is 83.9. The van der Waals surface area contributed by atoms with Gasteiger partial charge in [-0.3, -0.25) is 62.8 Å². The fourth-order valence-corrected chi connectivity index (χ4v) is 15.6. The van der Waals surface area contributed by atoms with Crippen molar-refractivity contribution in [2.24, 2.45) is 0 Å². The van der Waals surface area contributed by atoms with Gasteiger partial charge in [0.2, 0.25) is 29.5 Å². The lowest BCUT2D eigenvalue weighted by atomic mass is 10.1. The zero-order valence-electron chi connectivity index (χ0n) is 56.4. The summed E-state index contributed by atoms with van der Waals surface area (Å²) in [5.74, 6) is -13.8. The summed E-state index contributed by atoms with van der Waals surface area (Å²) < 4.78 is 17.1. The van der Waals surface area contributed by atoms with E-state index in [9.17, 15) is 103 Å². The molecular weight excluding hydrogens is 1330 g/mol. The highest BCUT2D eigenvalue weighted by molar-refractivity contribution is 6.90. The van der Waals surface area contributed by atoms with Crippen LogP contribution < -0.4 is 47.7 Å². The number of benzene rings is 1. The number of rotatable bonds is 40. The van der Waals surface area contributed by atoms with Gasteiger partial charge < -0.3 is 82.4 Å². The van der Waals surface area contributed by atoms with Gasteiger partial charge in [0.05, 0.1) is 26.2 Å². The van der Waals surface area contributed by atoms with Gasteiger partial charge in [-0.15, -0.1) is 5.10 Å². The van der Waals surface area contributed by atoms with E-state index < -0.39 is 171 Å². The molecule has 0 aliphatic carbocycles.